The Kier molecular flexibility index (Phi) is 4.58. The Labute approximate surface area is 97.1 Å². The molecule has 1 aromatic rings. The highest BCUT2D eigenvalue weighted by Crippen LogP contribution is 2.30. The van der Waals surface area contributed by atoms with Gasteiger partial charge in [0.1, 0.15) is 0 Å². The van der Waals surface area contributed by atoms with Crippen LogP contribution in [0.15, 0.2) is 30.3 Å². The van der Waals surface area contributed by atoms with Crippen LogP contribution >= 0.6 is 12.4 Å². The second kappa shape index (κ2) is 5.50. The summed E-state index contributed by atoms with van der Waals surface area (Å²) >= 11 is 0. The van der Waals surface area contributed by atoms with E-state index in [4.69, 9.17) is 0 Å². The minimum atomic E-state index is -0.606. The number of aliphatic hydroxyl groups is 1. The Bertz CT molecular complexity index is 281. The van der Waals surface area contributed by atoms with Gasteiger partial charge in [-0.1, -0.05) is 30.3 Å². The van der Waals surface area contributed by atoms with E-state index in [2.05, 4.69) is 5.32 Å². The molecule has 2 N–H and O–H groups in total. The largest absolute Gasteiger partial charge is 0.385 e. The molecule has 2 rings (SSSR count). The van der Waals surface area contributed by atoms with Crippen molar-refractivity contribution < 1.29 is 5.11 Å². The van der Waals surface area contributed by atoms with Gasteiger partial charge in [-0.15, -0.1) is 12.4 Å². The van der Waals surface area contributed by atoms with Gasteiger partial charge >= 0.3 is 0 Å². The van der Waals surface area contributed by atoms with Gasteiger partial charge in [0.25, 0.3) is 0 Å². The molecule has 0 aromatic heterocycles. The first-order valence-electron chi connectivity index (χ1n) is 5.30. The lowest BCUT2D eigenvalue weighted by Crippen LogP contribution is -2.26. The molecule has 1 aliphatic rings. The van der Waals surface area contributed by atoms with Crippen LogP contribution in [0.5, 0.6) is 0 Å². The summed E-state index contributed by atoms with van der Waals surface area (Å²) in [6.45, 7) is 1.93. The fourth-order valence-corrected chi connectivity index (χ4v) is 2.09. The van der Waals surface area contributed by atoms with E-state index in [-0.39, 0.29) is 12.4 Å². The lowest BCUT2D eigenvalue weighted by molar-refractivity contribution is 0.0240. The summed E-state index contributed by atoms with van der Waals surface area (Å²) in [7, 11) is 0. The molecule has 0 radical (unpaired) electrons. The summed E-state index contributed by atoms with van der Waals surface area (Å²) in [5.41, 5.74) is 0.453. The predicted molar refractivity (Wildman–Crippen MR) is 64.3 cm³/mol. The molecule has 2 nitrogen and oxygen atoms in total. The van der Waals surface area contributed by atoms with Gasteiger partial charge in [-0.3, -0.25) is 0 Å². The third kappa shape index (κ3) is 2.94. The molecule has 1 heterocycles. The summed E-state index contributed by atoms with van der Waals surface area (Å²) in [4.78, 5) is 0. The third-order valence-electron chi connectivity index (χ3n) is 2.97. The maximum Gasteiger partial charge on any atom is 0.0909 e. The van der Waals surface area contributed by atoms with Crippen LogP contribution in [-0.2, 0) is 5.60 Å². The molecule has 3 heteroatoms. The van der Waals surface area contributed by atoms with Gasteiger partial charge in [-0.05, 0) is 37.9 Å². The van der Waals surface area contributed by atoms with Crippen molar-refractivity contribution in [2.24, 2.45) is 0 Å². The van der Waals surface area contributed by atoms with Crippen molar-refractivity contribution in [3.63, 3.8) is 0 Å². The van der Waals surface area contributed by atoms with E-state index >= 15 is 0 Å². The Morgan fingerprint density at radius 3 is 2.53 bits per heavy atom. The fraction of sp³-hybridized carbons (Fsp3) is 0.500. The maximum absolute atomic E-state index is 10.5. The summed E-state index contributed by atoms with van der Waals surface area (Å²) in [6, 6.07) is 10.0. The Morgan fingerprint density at radius 1 is 1.07 bits per heavy atom. The second-order valence-corrected chi connectivity index (χ2v) is 4.00. The van der Waals surface area contributed by atoms with Gasteiger partial charge in [-0.2, -0.15) is 0 Å². The molecular weight excluding hydrogens is 210 g/mol. The predicted octanol–water partition coefficient (Wildman–Crippen LogP) is 2.07. The first kappa shape index (κ1) is 12.5. The molecule has 15 heavy (non-hydrogen) atoms. The zero-order valence-corrected chi connectivity index (χ0v) is 9.59. The Morgan fingerprint density at radius 2 is 1.80 bits per heavy atom. The Balaban J connectivity index is 0.00000112. The molecule has 0 spiro atoms. The first-order valence-corrected chi connectivity index (χ1v) is 5.30. The first-order chi connectivity index (χ1) is 6.81. The zero-order chi connectivity index (χ0) is 9.86. The highest BCUT2D eigenvalue weighted by atomic mass is 35.5. The van der Waals surface area contributed by atoms with E-state index in [1.165, 1.54) is 0 Å². The zero-order valence-electron chi connectivity index (χ0n) is 8.78. The average Bonchev–Trinajstić information content (AvgIpc) is 2.46. The third-order valence-corrected chi connectivity index (χ3v) is 2.97. The molecule has 1 saturated heterocycles. The quantitative estimate of drug-likeness (QED) is 0.770. The van der Waals surface area contributed by atoms with Crippen LogP contribution in [0.3, 0.4) is 0 Å². The molecule has 0 saturated carbocycles. The van der Waals surface area contributed by atoms with E-state index in [1.807, 2.05) is 30.3 Å². The van der Waals surface area contributed by atoms with Gasteiger partial charge in [0, 0.05) is 0 Å². The maximum atomic E-state index is 10.5. The lowest BCUT2D eigenvalue weighted by Gasteiger charge is -2.26. The van der Waals surface area contributed by atoms with Crippen molar-refractivity contribution in [1.29, 1.82) is 0 Å². The van der Waals surface area contributed by atoms with Crippen molar-refractivity contribution >= 4 is 12.4 Å². The van der Waals surface area contributed by atoms with E-state index in [9.17, 15) is 5.11 Å². The van der Waals surface area contributed by atoms with Crippen LogP contribution in [0.1, 0.15) is 24.8 Å². The highest BCUT2D eigenvalue weighted by Gasteiger charge is 2.29. The van der Waals surface area contributed by atoms with Crippen LogP contribution in [0.25, 0.3) is 0 Å². The normalized spacial score (nSPS) is 26.5. The smallest absolute Gasteiger partial charge is 0.0909 e. The van der Waals surface area contributed by atoms with Crippen LogP contribution in [-0.4, -0.2) is 18.2 Å². The van der Waals surface area contributed by atoms with E-state index < -0.39 is 5.60 Å². The molecule has 1 fully saturated rings. The Hall–Kier alpha value is -0.570. The van der Waals surface area contributed by atoms with E-state index in [0.717, 1.165) is 37.9 Å². The van der Waals surface area contributed by atoms with Gasteiger partial charge in [-0.25, -0.2) is 0 Å². The lowest BCUT2D eigenvalue weighted by atomic mass is 9.87. The molecule has 1 aliphatic heterocycles. The molecule has 1 unspecified atom stereocenters. The van der Waals surface area contributed by atoms with Gasteiger partial charge in [0.05, 0.1) is 5.60 Å². The van der Waals surface area contributed by atoms with E-state index in [0.29, 0.717) is 0 Å². The van der Waals surface area contributed by atoms with Crippen molar-refractivity contribution in [2.45, 2.75) is 24.9 Å². The number of nitrogens with one attached hydrogen (secondary N) is 1. The van der Waals surface area contributed by atoms with Crippen molar-refractivity contribution in [1.82, 2.24) is 5.32 Å². The topological polar surface area (TPSA) is 32.3 Å². The number of halogens is 1. The van der Waals surface area contributed by atoms with Crippen molar-refractivity contribution in [3.05, 3.63) is 35.9 Å². The van der Waals surface area contributed by atoms with Gasteiger partial charge < -0.3 is 10.4 Å². The molecular formula is C12H18ClNO. The summed E-state index contributed by atoms with van der Waals surface area (Å²) in [5.74, 6) is 0. The molecule has 1 atom stereocenters. The van der Waals surface area contributed by atoms with Crippen molar-refractivity contribution in [3.8, 4) is 0 Å². The van der Waals surface area contributed by atoms with Crippen LogP contribution in [0, 0.1) is 0 Å². The fourth-order valence-electron chi connectivity index (χ4n) is 2.09. The molecule has 0 aliphatic carbocycles. The summed E-state index contributed by atoms with van der Waals surface area (Å²) in [6.07, 6.45) is 2.73. The minimum Gasteiger partial charge on any atom is -0.385 e. The average molecular weight is 228 g/mol. The number of rotatable bonds is 1. The second-order valence-electron chi connectivity index (χ2n) is 4.00. The van der Waals surface area contributed by atoms with Gasteiger partial charge in [0.2, 0.25) is 0 Å². The number of hydrogen-bond donors (Lipinski definition) is 2. The minimum absolute atomic E-state index is 0. The van der Waals surface area contributed by atoms with Crippen LogP contribution in [0.2, 0.25) is 0 Å². The summed E-state index contributed by atoms with van der Waals surface area (Å²) in [5, 5.41) is 13.8. The molecule has 0 bridgehead atoms. The van der Waals surface area contributed by atoms with Crippen LogP contribution < -0.4 is 5.32 Å². The molecule has 84 valence electrons. The van der Waals surface area contributed by atoms with Gasteiger partial charge in [0.15, 0.2) is 0 Å². The SMILES string of the molecule is Cl.OC1(c2ccccc2)CCCNCC1. The molecule has 1 aromatic carbocycles. The monoisotopic (exact) mass is 227 g/mol. The molecule has 0 amide bonds. The standard InChI is InChI=1S/C12H17NO.ClH/c14-12(7-4-9-13-10-8-12)11-5-2-1-3-6-11;/h1-3,5-6,13-14H,4,7-10H2;1H. The number of hydrogen-bond acceptors (Lipinski definition) is 2. The van der Waals surface area contributed by atoms with Crippen LogP contribution in [0.4, 0.5) is 0 Å². The van der Waals surface area contributed by atoms with Crippen molar-refractivity contribution in [2.75, 3.05) is 13.1 Å². The number of benzene rings is 1. The van der Waals surface area contributed by atoms with E-state index in [1.54, 1.807) is 0 Å². The summed E-state index contributed by atoms with van der Waals surface area (Å²) < 4.78 is 0. The highest BCUT2D eigenvalue weighted by molar-refractivity contribution is 5.85.